The standard InChI is InChI=1S/C15H13BrFNOS/c1-18(9-12-8-14(16)20-10-12)15(19)7-4-11-2-5-13(17)6-3-11/h2-8,10H,9H2,1H3. The zero-order valence-corrected chi connectivity index (χ0v) is 13.2. The molecule has 2 aromatic rings. The number of carbonyl (C=O) groups excluding carboxylic acids is 1. The monoisotopic (exact) mass is 353 g/mol. The second-order valence-electron chi connectivity index (χ2n) is 4.34. The molecule has 1 amide bonds. The van der Waals surface area contributed by atoms with Gasteiger partial charge >= 0.3 is 0 Å². The van der Waals surface area contributed by atoms with Gasteiger partial charge in [0.2, 0.25) is 5.91 Å². The number of hydrogen-bond acceptors (Lipinski definition) is 2. The minimum atomic E-state index is -0.284. The average Bonchev–Trinajstić information content (AvgIpc) is 2.83. The molecule has 2 rings (SSSR count). The maximum absolute atomic E-state index is 12.8. The van der Waals surface area contributed by atoms with E-state index in [0.717, 1.165) is 14.9 Å². The summed E-state index contributed by atoms with van der Waals surface area (Å²) in [5.41, 5.74) is 1.89. The molecule has 0 aliphatic heterocycles. The fourth-order valence-corrected chi connectivity index (χ4v) is 2.85. The normalized spacial score (nSPS) is 10.9. The predicted octanol–water partition coefficient (Wildman–Crippen LogP) is 4.32. The van der Waals surface area contributed by atoms with Crippen LogP contribution in [0.2, 0.25) is 0 Å². The third kappa shape index (κ3) is 4.28. The lowest BCUT2D eigenvalue weighted by Gasteiger charge is -2.13. The van der Waals surface area contributed by atoms with Crippen LogP contribution in [0.4, 0.5) is 4.39 Å². The number of thiophene rings is 1. The average molecular weight is 354 g/mol. The SMILES string of the molecule is CN(Cc1csc(Br)c1)C(=O)C=Cc1ccc(F)cc1. The van der Waals surface area contributed by atoms with Crippen LogP contribution in [0, 0.1) is 5.82 Å². The Labute approximate surface area is 129 Å². The van der Waals surface area contributed by atoms with E-state index in [1.165, 1.54) is 18.2 Å². The van der Waals surface area contributed by atoms with Crippen molar-refractivity contribution >= 4 is 39.2 Å². The molecular weight excluding hydrogens is 341 g/mol. The Morgan fingerprint density at radius 3 is 2.70 bits per heavy atom. The number of likely N-dealkylation sites (N-methyl/N-ethyl adjacent to an activating group) is 1. The Morgan fingerprint density at radius 2 is 2.10 bits per heavy atom. The van der Waals surface area contributed by atoms with Gasteiger partial charge in [0.1, 0.15) is 5.82 Å². The summed E-state index contributed by atoms with van der Waals surface area (Å²) < 4.78 is 13.8. The van der Waals surface area contributed by atoms with E-state index >= 15 is 0 Å². The molecule has 0 atom stereocenters. The zero-order valence-electron chi connectivity index (χ0n) is 10.8. The Kier molecular flexibility index (Phi) is 5.09. The molecule has 0 aliphatic carbocycles. The summed E-state index contributed by atoms with van der Waals surface area (Å²) in [5, 5.41) is 2.01. The lowest BCUT2D eigenvalue weighted by molar-refractivity contribution is -0.125. The summed E-state index contributed by atoms with van der Waals surface area (Å²) in [6.07, 6.45) is 3.18. The first-order valence-corrected chi connectivity index (χ1v) is 7.63. The van der Waals surface area contributed by atoms with Crippen molar-refractivity contribution in [2.45, 2.75) is 6.54 Å². The van der Waals surface area contributed by atoms with Gasteiger partial charge in [-0.05, 0) is 56.7 Å². The molecular formula is C15H13BrFNOS. The van der Waals surface area contributed by atoms with Crippen molar-refractivity contribution in [2.75, 3.05) is 7.05 Å². The molecule has 1 aromatic heterocycles. The molecule has 0 aliphatic rings. The van der Waals surface area contributed by atoms with Crippen LogP contribution >= 0.6 is 27.3 Å². The van der Waals surface area contributed by atoms with Crippen molar-refractivity contribution in [3.63, 3.8) is 0 Å². The van der Waals surface area contributed by atoms with Crippen LogP contribution in [0.15, 0.2) is 45.6 Å². The molecule has 0 bridgehead atoms. The lowest BCUT2D eigenvalue weighted by atomic mass is 10.2. The molecule has 5 heteroatoms. The molecule has 0 saturated carbocycles. The summed E-state index contributed by atoms with van der Waals surface area (Å²) in [5.74, 6) is -0.370. The zero-order chi connectivity index (χ0) is 14.5. The molecule has 20 heavy (non-hydrogen) atoms. The summed E-state index contributed by atoms with van der Waals surface area (Å²) in [7, 11) is 1.75. The number of halogens is 2. The molecule has 0 N–H and O–H groups in total. The van der Waals surface area contributed by atoms with Crippen molar-refractivity contribution in [1.82, 2.24) is 4.90 Å². The highest BCUT2D eigenvalue weighted by Gasteiger charge is 2.07. The minimum absolute atomic E-state index is 0.0864. The van der Waals surface area contributed by atoms with Crippen molar-refractivity contribution in [3.8, 4) is 0 Å². The molecule has 0 fully saturated rings. The Bertz CT molecular complexity index is 621. The van der Waals surface area contributed by atoms with Crippen molar-refractivity contribution in [1.29, 1.82) is 0 Å². The quantitative estimate of drug-likeness (QED) is 0.749. The van der Waals surface area contributed by atoms with Crippen LogP contribution in [0.3, 0.4) is 0 Å². The number of benzene rings is 1. The van der Waals surface area contributed by atoms with E-state index in [-0.39, 0.29) is 11.7 Å². The maximum Gasteiger partial charge on any atom is 0.246 e. The molecule has 0 unspecified atom stereocenters. The number of hydrogen-bond donors (Lipinski definition) is 0. The fourth-order valence-electron chi connectivity index (χ4n) is 1.65. The Hall–Kier alpha value is -1.46. The van der Waals surface area contributed by atoms with Gasteiger partial charge in [0.05, 0.1) is 3.79 Å². The molecule has 0 saturated heterocycles. The van der Waals surface area contributed by atoms with E-state index in [9.17, 15) is 9.18 Å². The first-order chi connectivity index (χ1) is 9.54. The van der Waals surface area contributed by atoms with Crippen LogP contribution in [0.25, 0.3) is 6.08 Å². The molecule has 104 valence electrons. The second-order valence-corrected chi connectivity index (χ2v) is 6.63. The van der Waals surface area contributed by atoms with Crippen LogP contribution in [-0.4, -0.2) is 17.9 Å². The van der Waals surface area contributed by atoms with Gasteiger partial charge in [-0.2, -0.15) is 0 Å². The number of amides is 1. The van der Waals surface area contributed by atoms with Crippen LogP contribution in [-0.2, 0) is 11.3 Å². The largest absolute Gasteiger partial charge is 0.338 e. The van der Waals surface area contributed by atoms with E-state index in [4.69, 9.17) is 0 Å². The van der Waals surface area contributed by atoms with E-state index < -0.39 is 0 Å². The first-order valence-electron chi connectivity index (χ1n) is 5.96. The first kappa shape index (κ1) is 14.9. The summed E-state index contributed by atoms with van der Waals surface area (Å²) in [4.78, 5) is 13.6. The van der Waals surface area contributed by atoms with Gasteiger partial charge < -0.3 is 4.90 Å². The third-order valence-electron chi connectivity index (χ3n) is 2.71. The maximum atomic E-state index is 12.8. The highest BCUT2D eigenvalue weighted by atomic mass is 79.9. The van der Waals surface area contributed by atoms with Gasteiger partial charge in [-0.1, -0.05) is 12.1 Å². The second kappa shape index (κ2) is 6.81. The third-order valence-corrected chi connectivity index (χ3v) is 4.26. The van der Waals surface area contributed by atoms with Crippen LogP contribution in [0.1, 0.15) is 11.1 Å². The highest BCUT2D eigenvalue weighted by molar-refractivity contribution is 9.11. The smallest absolute Gasteiger partial charge is 0.246 e. The molecule has 1 heterocycles. The fraction of sp³-hybridized carbons (Fsp3) is 0.133. The number of carbonyl (C=O) groups is 1. The van der Waals surface area contributed by atoms with E-state index in [2.05, 4.69) is 15.9 Å². The Morgan fingerprint density at radius 1 is 1.40 bits per heavy atom. The van der Waals surface area contributed by atoms with Gasteiger partial charge in [-0.3, -0.25) is 4.79 Å². The van der Waals surface area contributed by atoms with Gasteiger partial charge in [0, 0.05) is 19.7 Å². The number of nitrogens with zero attached hydrogens (tertiary/aromatic N) is 1. The van der Waals surface area contributed by atoms with Crippen LogP contribution < -0.4 is 0 Å². The molecule has 0 spiro atoms. The summed E-state index contributed by atoms with van der Waals surface area (Å²) in [6.45, 7) is 0.564. The van der Waals surface area contributed by atoms with Gasteiger partial charge in [-0.15, -0.1) is 11.3 Å². The minimum Gasteiger partial charge on any atom is -0.338 e. The van der Waals surface area contributed by atoms with Gasteiger partial charge in [0.15, 0.2) is 0 Å². The van der Waals surface area contributed by atoms with Crippen molar-refractivity contribution < 1.29 is 9.18 Å². The summed E-state index contributed by atoms with van der Waals surface area (Å²) in [6, 6.07) is 8.01. The number of rotatable bonds is 4. The van der Waals surface area contributed by atoms with E-state index in [0.29, 0.717) is 6.54 Å². The van der Waals surface area contributed by atoms with Crippen molar-refractivity contribution in [3.05, 3.63) is 62.5 Å². The molecule has 2 nitrogen and oxygen atoms in total. The summed E-state index contributed by atoms with van der Waals surface area (Å²) >= 11 is 4.99. The van der Waals surface area contributed by atoms with Crippen molar-refractivity contribution in [2.24, 2.45) is 0 Å². The molecule has 1 aromatic carbocycles. The van der Waals surface area contributed by atoms with E-state index in [1.54, 1.807) is 41.5 Å². The van der Waals surface area contributed by atoms with Gasteiger partial charge in [-0.25, -0.2) is 4.39 Å². The van der Waals surface area contributed by atoms with Crippen LogP contribution in [0.5, 0.6) is 0 Å². The topological polar surface area (TPSA) is 20.3 Å². The van der Waals surface area contributed by atoms with Gasteiger partial charge in [0.25, 0.3) is 0 Å². The lowest BCUT2D eigenvalue weighted by Crippen LogP contribution is -2.23. The Balaban J connectivity index is 1.95. The highest BCUT2D eigenvalue weighted by Crippen LogP contribution is 2.21. The molecule has 0 radical (unpaired) electrons. The predicted molar refractivity (Wildman–Crippen MR) is 83.9 cm³/mol. The van der Waals surface area contributed by atoms with E-state index in [1.807, 2.05) is 11.4 Å².